The summed E-state index contributed by atoms with van der Waals surface area (Å²) in [6.07, 6.45) is 0. The SMILES string of the molecule is Cc1ccc2nc(-c3ccc(Cl)c(NC(=O)c4cccc([N+](=O)[O-])c4)c3)oc2c1. The fraction of sp³-hybridized carbons (Fsp3) is 0.0476. The number of hydrogen-bond donors (Lipinski definition) is 1. The summed E-state index contributed by atoms with van der Waals surface area (Å²) in [5, 5.41) is 13.9. The summed E-state index contributed by atoms with van der Waals surface area (Å²) in [5.41, 5.74) is 3.41. The summed E-state index contributed by atoms with van der Waals surface area (Å²) in [6.45, 7) is 1.96. The first-order valence-electron chi connectivity index (χ1n) is 8.63. The van der Waals surface area contributed by atoms with Crippen molar-refractivity contribution in [2.75, 3.05) is 5.32 Å². The van der Waals surface area contributed by atoms with Gasteiger partial charge in [0.05, 0.1) is 15.6 Å². The first-order valence-corrected chi connectivity index (χ1v) is 9.01. The van der Waals surface area contributed by atoms with E-state index in [0.29, 0.717) is 27.7 Å². The molecule has 0 unspecified atom stereocenters. The maximum absolute atomic E-state index is 12.5. The van der Waals surface area contributed by atoms with Crippen LogP contribution in [0.15, 0.2) is 65.1 Å². The second-order valence-corrected chi connectivity index (χ2v) is 6.85. The van der Waals surface area contributed by atoms with E-state index < -0.39 is 10.8 Å². The van der Waals surface area contributed by atoms with Crippen LogP contribution in [0, 0.1) is 17.0 Å². The van der Waals surface area contributed by atoms with E-state index >= 15 is 0 Å². The van der Waals surface area contributed by atoms with Gasteiger partial charge in [0, 0.05) is 23.3 Å². The van der Waals surface area contributed by atoms with Crippen molar-refractivity contribution in [1.29, 1.82) is 0 Å². The maximum atomic E-state index is 12.5. The van der Waals surface area contributed by atoms with Crippen molar-refractivity contribution >= 4 is 40.0 Å². The number of nitro groups is 1. The van der Waals surface area contributed by atoms with Crippen LogP contribution in [0.1, 0.15) is 15.9 Å². The molecule has 4 aromatic rings. The number of anilines is 1. The van der Waals surface area contributed by atoms with Gasteiger partial charge in [-0.1, -0.05) is 23.7 Å². The molecule has 1 amide bonds. The summed E-state index contributed by atoms with van der Waals surface area (Å²) in [5.74, 6) is -0.117. The highest BCUT2D eigenvalue weighted by molar-refractivity contribution is 6.34. The lowest BCUT2D eigenvalue weighted by Crippen LogP contribution is -2.12. The van der Waals surface area contributed by atoms with Gasteiger partial charge in [-0.05, 0) is 48.9 Å². The number of amides is 1. The Morgan fingerprint density at radius 3 is 2.76 bits per heavy atom. The number of nitrogens with one attached hydrogen (secondary N) is 1. The van der Waals surface area contributed by atoms with E-state index in [0.717, 1.165) is 11.1 Å². The van der Waals surface area contributed by atoms with Crippen molar-refractivity contribution in [2.24, 2.45) is 0 Å². The predicted molar refractivity (Wildman–Crippen MR) is 110 cm³/mol. The average molecular weight is 408 g/mol. The van der Waals surface area contributed by atoms with E-state index in [9.17, 15) is 14.9 Å². The molecule has 8 heteroatoms. The zero-order valence-electron chi connectivity index (χ0n) is 15.2. The number of fused-ring (bicyclic) bond motifs is 1. The number of carbonyl (C=O) groups is 1. The minimum Gasteiger partial charge on any atom is -0.436 e. The Morgan fingerprint density at radius 1 is 1.14 bits per heavy atom. The molecule has 1 aromatic heterocycles. The van der Waals surface area contributed by atoms with Crippen LogP contribution in [-0.2, 0) is 0 Å². The van der Waals surface area contributed by atoms with Crippen LogP contribution in [0.5, 0.6) is 0 Å². The monoisotopic (exact) mass is 407 g/mol. The van der Waals surface area contributed by atoms with Gasteiger partial charge in [0.15, 0.2) is 5.58 Å². The predicted octanol–water partition coefficient (Wildman–Crippen LogP) is 5.62. The number of aromatic nitrogens is 1. The summed E-state index contributed by atoms with van der Waals surface area (Å²) in [6, 6.07) is 16.2. The molecular formula is C21H14ClN3O4. The third-order valence-electron chi connectivity index (χ3n) is 4.32. The molecule has 1 heterocycles. The summed E-state index contributed by atoms with van der Waals surface area (Å²) in [7, 11) is 0. The molecule has 0 aliphatic rings. The fourth-order valence-electron chi connectivity index (χ4n) is 2.86. The van der Waals surface area contributed by atoms with E-state index in [2.05, 4.69) is 10.3 Å². The molecule has 144 valence electrons. The first kappa shape index (κ1) is 18.6. The van der Waals surface area contributed by atoms with Crippen molar-refractivity contribution in [2.45, 2.75) is 6.92 Å². The Bertz CT molecular complexity index is 1270. The topological polar surface area (TPSA) is 98.3 Å². The molecule has 0 saturated carbocycles. The van der Waals surface area contributed by atoms with Gasteiger partial charge in [-0.15, -0.1) is 0 Å². The van der Waals surface area contributed by atoms with E-state index in [-0.39, 0.29) is 11.3 Å². The average Bonchev–Trinajstić information content (AvgIpc) is 3.12. The number of nitro benzene ring substituents is 1. The van der Waals surface area contributed by atoms with Crippen molar-refractivity contribution in [3.8, 4) is 11.5 Å². The number of nitrogens with zero attached hydrogens (tertiary/aromatic N) is 2. The number of rotatable bonds is 4. The largest absolute Gasteiger partial charge is 0.436 e. The van der Waals surface area contributed by atoms with Gasteiger partial charge < -0.3 is 9.73 Å². The molecule has 0 aliphatic carbocycles. The minimum atomic E-state index is -0.556. The number of halogens is 1. The van der Waals surface area contributed by atoms with E-state index in [1.54, 1.807) is 18.2 Å². The molecule has 0 bridgehead atoms. The van der Waals surface area contributed by atoms with Crippen molar-refractivity contribution < 1.29 is 14.1 Å². The highest BCUT2D eigenvalue weighted by atomic mass is 35.5. The zero-order chi connectivity index (χ0) is 20.5. The second-order valence-electron chi connectivity index (χ2n) is 6.45. The lowest BCUT2D eigenvalue weighted by atomic mass is 10.1. The highest BCUT2D eigenvalue weighted by Gasteiger charge is 2.15. The van der Waals surface area contributed by atoms with Crippen molar-refractivity contribution in [3.05, 3.63) is 86.9 Å². The normalized spacial score (nSPS) is 10.8. The van der Waals surface area contributed by atoms with E-state index in [1.807, 2.05) is 25.1 Å². The fourth-order valence-corrected chi connectivity index (χ4v) is 3.03. The molecule has 7 nitrogen and oxygen atoms in total. The number of non-ortho nitro benzene ring substituents is 1. The number of oxazole rings is 1. The third-order valence-corrected chi connectivity index (χ3v) is 4.65. The Balaban J connectivity index is 1.65. The molecule has 0 spiro atoms. The Kier molecular flexibility index (Phi) is 4.74. The lowest BCUT2D eigenvalue weighted by molar-refractivity contribution is -0.384. The van der Waals surface area contributed by atoms with Crippen LogP contribution in [0.4, 0.5) is 11.4 Å². The first-order chi connectivity index (χ1) is 13.9. The van der Waals surface area contributed by atoms with Crippen LogP contribution in [0.25, 0.3) is 22.6 Å². The maximum Gasteiger partial charge on any atom is 0.270 e. The van der Waals surface area contributed by atoms with Crippen molar-refractivity contribution in [3.63, 3.8) is 0 Å². The molecule has 0 saturated heterocycles. The molecular weight excluding hydrogens is 394 g/mol. The van der Waals surface area contributed by atoms with Gasteiger partial charge in [0.2, 0.25) is 5.89 Å². The molecule has 4 rings (SSSR count). The van der Waals surface area contributed by atoms with Crippen LogP contribution in [-0.4, -0.2) is 15.8 Å². The minimum absolute atomic E-state index is 0.151. The van der Waals surface area contributed by atoms with Gasteiger partial charge in [0.1, 0.15) is 5.52 Å². The van der Waals surface area contributed by atoms with Gasteiger partial charge >= 0.3 is 0 Å². The molecule has 3 aromatic carbocycles. The zero-order valence-corrected chi connectivity index (χ0v) is 15.9. The lowest BCUT2D eigenvalue weighted by Gasteiger charge is -2.08. The van der Waals surface area contributed by atoms with Gasteiger partial charge in [0.25, 0.3) is 11.6 Å². The Labute approximate surface area is 170 Å². The quantitative estimate of drug-likeness (QED) is 0.350. The highest BCUT2D eigenvalue weighted by Crippen LogP contribution is 2.31. The molecule has 0 atom stereocenters. The third kappa shape index (κ3) is 3.81. The molecule has 0 fully saturated rings. The number of aryl methyl sites for hydroxylation is 1. The number of benzene rings is 3. The Morgan fingerprint density at radius 2 is 1.97 bits per heavy atom. The van der Waals surface area contributed by atoms with Crippen LogP contribution in [0.2, 0.25) is 5.02 Å². The smallest absolute Gasteiger partial charge is 0.270 e. The molecule has 1 N–H and O–H groups in total. The van der Waals surface area contributed by atoms with E-state index in [4.69, 9.17) is 16.0 Å². The van der Waals surface area contributed by atoms with Gasteiger partial charge in [-0.3, -0.25) is 14.9 Å². The van der Waals surface area contributed by atoms with E-state index in [1.165, 1.54) is 24.3 Å². The summed E-state index contributed by atoms with van der Waals surface area (Å²) < 4.78 is 5.82. The summed E-state index contributed by atoms with van der Waals surface area (Å²) >= 11 is 6.22. The number of carbonyl (C=O) groups excluding carboxylic acids is 1. The van der Waals surface area contributed by atoms with Crippen LogP contribution in [0.3, 0.4) is 0 Å². The van der Waals surface area contributed by atoms with Crippen LogP contribution >= 0.6 is 11.6 Å². The van der Waals surface area contributed by atoms with Gasteiger partial charge in [-0.25, -0.2) is 4.98 Å². The second kappa shape index (κ2) is 7.37. The number of hydrogen-bond acceptors (Lipinski definition) is 5. The molecule has 0 radical (unpaired) electrons. The molecule has 0 aliphatic heterocycles. The van der Waals surface area contributed by atoms with Crippen LogP contribution < -0.4 is 5.32 Å². The molecule has 29 heavy (non-hydrogen) atoms. The van der Waals surface area contributed by atoms with Gasteiger partial charge in [-0.2, -0.15) is 0 Å². The standard InChI is InChI=1S/C21H14ClN3O4/c1-12-5-8-17-19(9-12)29-21(24-17)14-6-7-16(22)18(11-14)23-20(26)13-3-2-4-15(10-13)25(27)28/h2-11H,1H3,(H,23,26). The Hall–Kier alpha value is -3.71. The van der Waals surface area contributed by atoms with Crippen molar-refractivity contribution in [1.82, 2.24) is 4.98 Å². The summed E-state index contributed by atoms with van der Waals surface area (Å²) in [4.78, 5) is 27.4.